The number of rotatable bonds is 4. The number of carbonyl (C=O) groups excluding carboxylic acids is 1. The van der Waals surface area contributed by atoms with Gasteiger partial charge in [0, 0.05) is 12.6 Å². The second-order valence-electron chi connectivity index (χ2n) is 4.19. The molecule has 17 heavy (non-hydrogen) atoms. The van der Waals surface area contributed by atoms with Gasteiger partial charge in [-0.3, -0.25) is 4.79 Å². The molecule has 1 aliphatic heterocycles. The molecule has 1 aliphatic rings. The molecule has 0 saturated carbocycles. The van der Waals surface area contributed by atoms with Gasteiger partial charge >= 0.3 is 6.18 Å². The van der Waals surface area contributed by atoms with Gasteiger partial charge in [-0.05, 0) is 20.3 Å². The molecule has 0 aromatic rings. The minimum absolute atomic E-state index is 0.0154. The average Bonchev–Trinajstić information content (AvgIpc) is 2.59. The molecule has 100 valence electrons. The third-order valence-corrected chi connectivity index (χ3v) is 2.70. The van der Waals surface area contributed by atoms with E-state index in [0.29, 0.717) is 6.61 Å². The number of ether oxygens (including phenoxy) is 1. The molecular weight excluding hydrogens is 237 g/mol. The fraction of sp³-hybridized carbons (Fsp3) is 0.900. The van der Waals surface area contributed by atoms with Crippen LogP contribution in [0.1, 0.15) is 20.3 Å². The maximum Gasteiger partial charge on any atom is 0.405 e. The molecule has 0 radical (unpaired) electrons. The first-order valence-corrected chi connectivity index (χ1v) is 5.51. The number of alkyl halides is 3. The number of nitrogens with one attached hydrogen (secondary N) is 2. The molecular formula is C10H17F3N2O2. The molecule has 3 unspecified atom stereocenters. The molecule has 1 saturated heterocycles. The first-order chi connectivity index (χ1) is 7.79. The molecule has 1 rings (SSSR count). The normalized spacial score (nSPS) is 26.9. The maximum atomic E-state index is 11.9. The van der Waals surface area contributed by atoms with Gasteiger partial charge in [0.25, 0.3) is 0 Å². The number of carbonyl (C=O) groups is 1. The summed E-state index contributed by atoms with van der Waals surface area (Å²) >= 11 is 0. The lowest BCUT2D eigenvalue weighted by atomic mass is 10.1. The predicted octanol–water partition coefficient (Wildman–Crippen LogP) is 0.820. The lowest BCUT2D eigenvalue weighted by Gasteiger charge is -2.21. The molecule has 0 bridgehead atoms. The Labute approximate surface area is 97.9 Å². The molecule has 0 spiro atoms. The molecule has 3 atom stereocenters. The predicted molar refractivity (Wildman–Crippen MR) is 55.5 cm³/mol. The van der Waals surface area contributed by atoms with Gasteiger partial charge in [0.05, 0.1) is 12.1 Å². The van der Waals surface area contributed by atoms with Crippen LogP contribution < -0.4 is 10.6 Å². The minimum Gasteiger partial charge on any atom is -0.377 e. The fourth-order valence-corrected chi connectivity index (χ4v) is 1.69. The van der Waals surface area contributed by atoms with E-state index in [2.05, 4.69) is 5.32 Å². The quantitative estimate of drug-likeness (QED) is 0.781. The molecule has 0 aliphatic carbocycles. The molecule has 1 fully saturated rings. The zero-order valence-electron chi connectivity index (χ0n) is 9.80. The van der Waals surface area contributed by atoms with Gasteiger partial charge in [-0.15, -0.1) is 0 Å². The largest absolute Gasteiger partial charge is 0.405 e. The van der Waals surface area contributed by atoms with Crippen LogP contribution in [0.4, 0.5) is 13.2 Å². The van der Waals surface area contributed by atoms with E-state index in [1.54, 1.807) is 0 Å². The minimum atomic E-state index is -4.38. The van der Waals surface area contributed by atoms with Crippen LogP contribution in [0.15, 0.2) is 0 Å². The van der Waals surface area contributed by atoms with Crippen molar-refractivity contribution in [2.45, 2.75) is 44.6 Å². The van der Waals surface area contributed by atoms with Crippen LogP contribution in [0.5, 0.6) is 0 Å². The average molecular weight is 254 g/mol. The molecule has 7 heteroatoms. The summed E-state index contributed by atoms with van der Waals surface area (Å²) < 4.78 is 41.0. The Morgan fingerprint density at radius 2 is 2.18 bits per heavy atom. The third kappa shape index (κ3) is 4.91. The van der Waals surface area contributed by atoms with Crippen molar-refractivity contribution >= 4 is 5.91 Å². The Balaban J connectivity index is 2.31. The number of hydrogen-bond donors (Lipinski definition) is 2. The SMILES string of the molecule is CC(NC1CCOC1C)C(=O)NCC(F)(F)F. The van der Waals surface area contributed by atoms with Crippen molar-refractivity contribution in [1.82, 2.24) is 10.6 Å². The highest BCUT2D eigenvalue weighted by Gasteiger charge is 2.30. The second kappa shape index (κ2) is 5.68. The van der Waals surface area contributed by atoms with Gasteiger partial charge in [0.2, 0.25) is 5.91 Å². The topological polar surface area (TPSA) is 50.4 Å². The van der Waals surface area contributed by atoms with Gasteiger partial charge in [0.1, 0.15) is 6.54 Å². The van der Waals surface area contributed by atoms with E-state index in [4.69, 9.17) is 4.74 Å². The van der Waals surface area contributed by atoms with E-state index >= 15 is 0 Å². The van der Waals surface area contributed by atoms with E-state index < -0.39 is 24.7 Å². The van der Waals surface area contributed by atoms with Gasteiger partial charge < -0.3 is 15.4 Å². The third-order valence-electron chi connectivity index (χ3n) is 2.70. The van der Waals surface area contributed by atoms with Crippen LogP contribution in [0.3, 0.4) is 0 Å². The van der Waals surface area contributed by atoms with Crippen molar-refractivity contribution in [2.75, 3.05) is 13.2 Å². The summed E-state index contributed by atoms with van der Waals surface area (Å²) in [7, 11) is 0. The van der Waals surface area contributed by atoms with Crippen molar-refractivity contribution in [3.05, 3.63) is 0 Å². The van der Waals surface area contributed by atoms with Gasteiger partial charge in [0.15, 0.2) is 0 Å². The van der Waals surface area contributed by atoms with Crippen molar-refractivity contribution in [3.8, 4) is 0 Å². The second-order valence-corrected chi connectivity index (χ2v) is 4.19. The fourth-order valence-electron chi connectivity index (χ4n) is 1.69. The summed E-state index contributed by atoms with van der Waals surface area (Å²) in [6, 6.07) is -0.645. The number of halogens is 3. The highest BCUT2D eigenvalue weighted by molar-refractivity contribution is 5.81. The monoisotopic (exact) mass is 254 g/mol. The summed E-state index contributed by atoms with van der Waals surface area (Å²) in [6.45, 7) is 2.71. The number of hydrogen-bond acceptors (Lipinski definition) is 3. The van der Waals surface area contributed by atoms with Crippen LogP contribution in [-0.4, -0.2) is 43.4 Å². The molecule has 0 aromatic carbocycles. The summed E-state index contributed by atoms with van der Waals surface area (Å²) in [5, 5.41) is 4.80. The molecule has 4 nitrogen and oxygen atoms in total. The lowest BCUT2D eigenvalue weighted by Crippen LogP contribution is -2.50. The standard InChI is InChI=1S/C10H17F3N2O2/c1-6(9(16)14-5-10(11,12)13)15-8-3-4-17-7(8)2/h6-8,15H,3-5H2,1-2H3,(H,14,16). The van der Waals surface area contributed by atoms with Crippen LogP contribution in [0, 0.1) is 0 Å². The van der Waals surface area contributed by atoms with E-state index in [0.717, 1.165) is 6.42 Å². The Bertz CT molecular complexity index is 271. The van der Waals surface area contributed by atoms with E-state index in [1.165, 1.54) is 6.92 Å². The number of amides is 1. The van der Waals surface area contributed by atoms with Crippen molar-refractivity contribution in [2.24, 2.45) is 0 Å². The Morgan fingerprint density at radius 3 is 2.65 bits per heavy atom. The Morgan fingerprint density at radius 1 is 1.53 bits per heavy atom. The Kier molecular flexibility index (Phi) is 4.76. The molecule has 1 heterocycles. The van der Waals surface area contributed by atoms with Gasteiger partial charge in [-0.2, -0.15) is 13.2 Å². The molecule has 0 aromatic heterocycles. The van der Waals surface area contributed by atoms with Crippen LogP contribution in [-0.2, 0) is 9.53 Å². The maximum absolute atomic E-state index is 11.9. The summed E-state index contributed by atoms with van der Waals surface area (Å²) in [5.74, 6) is -0.651. The van der Waals surface area contributed by atoms with E-state index in [-0.39, 0.29) is 12.1 Å². The lowest BCUT2D eigenvalue weighted by molar-refractivity contribution is -0.139. The summed E-state index contributed by atoms with van der Waals surface area (Å²) in [4.78, 5) is 11.4. The van der Waals surface area contributed by atoms with Crippen molar-refractivity contribution in [3.63, 3.8) is 0 Å². The van der Waals surface area contributed by atoms with Crippen molar-refractivity contribution < 1.29 is 22.7 Å². The Hall–Kier alpha value is -0.820. The van der Waals surface area contributed by atoms with Gasteiger partial charge in [-0.25, -0.2) is 0 Å². The van der Waals surface area contributed by atoms with E-state index in [1.807, 2.05) is 12.2 Å². The van der Waals surface area contributed by atoms with Crippen LogP contribution in [0.25, 0.3) is 0 Å². The van der Waals surface area contributed by atoms with Gasteiger partial charge in [-0.1, -0.05) is 0 Å². The first-order valence-electron chi connectivity index (χ1n) is 5.51. The van der Waals surface area contributed by atoms with Crippen molar-refractivity contribution in [1.29, 1.82) is 0 Å². The summed E-state index contributed by atoms with van der Waals surface area (Å²) in [5.41, 5.74) is 0. The molecule has 1 amide bonds. The zero-order chi connectivity index (χ0) is 13.1. The zero-order valence-corrected chi connectivity index (χ0v) is 9.80. The van der Waals surface area contributed by atoms with Crippen LogP contribution in [0.2, 0.25) is 0 Å². The highest BCUT2D eigenvalue weighted by Crippen LogP contribution is 2.14. The van der Waals surface area contributed by atoms with Crippen LogP contribution >= 0.6 is 0 Å². The summed E-state index contributed by atoms with van der Waals surface area (Å²) in [6.07, 6.45) is -3.63. The van der Waals surface area contributed by atoms with E-state index in [9.17, 15) is 18.0 Å². The highest BCUT2D eigenvalue weighted by atomic mass is 19.4. The first kappa shape index (κ1) is 14.2. The molecule has 2 N–H and O–H groups in total. The smallest absolute Gasteiger partial charge is 0.377 e.